The van der Waals surface area contributed by atoms with Crippen LogP contribution in [0.15, 0.2) is 29.8 Å². The first-order chi connectivity index (χ1) is 8.24. The highest BCUT2D eigenvalue weighted by molar-refractivity contribution is 7.09. The number of benzene rings is 1. The van der Waals surface area contributed by atoms with Gasteiger partial charge < -0.3 is 10.3 Å². The Balaban J connectivity index is 2.14. The molecular weight excluding hydrogens is 232 g/mol. The molecule has 1 aromatic carbocycles. The van der Waals surface area contributed by atoms with Crippen LogP contribution in [0, 0.1) is 6.92 Å². The van der Waals surface area contributed by atoms with Gasteiger partial charge in [-0.1, -0.05) is 6.07 Å². The molecule has 17 heavy (non-hydrogen) atoms. The predicted molar refractivity (Wildman–Crippen MR) is 70.1 cm³/mol. The van der Waals surface area contributed by atoms with E-state index < -0.39 is 0 Å². The molecule has 0 aliphatic heterocycles. The van der Waals surface area contributed by atoms with E-state index >= 15 is 0 Å². The summed E-state index contributed by atoms with van der Waals surface area (Å²) < 4.78 is 2.00. The smallest absolute Gasteiger partial charge is 0.201 e. The van der Waals surface area contributed by atoms with E-state index in [1.807, 2.05) is 22.1 Å². The molecule has 0 bridgehead atoms. The first-order valence-corrected chi connectivity index (χ1v) is 6.23. The molecule has 86 valence electrons. The lowest BCUT2D eigenvalue weighted by molar-refractivity contribution is 0.829. The van der Waals surface area contributed by atoms with Crippen molar-refractivity contribution in [1.82, 2.24) is 14.5 Å². The molecule has 0 amide bonds. The topological polar surface area (TPSA) is 56.7 Å². The van der Waals surface area contributed by atoms with Gasteiger partial charge in [0.2, 0.25) is 5.95 Å². The molecule has 3 aromatic rings. The minimum atomic E-state index is 0.542. The van der Waals surface area contributed by atoms with Gasteiger partial charge in [0.15, 0.2) is 0 Å². The first kappa shape index (κ1) is 10.3. The van der Waals surface area contributed by atoms with Gasteiger partial charge in [-0.05, 0) is 24.6 Å². The van der Waals surface area contributed by atoms with E-state index in [0.29, 0.717) is 12.5 Å². The Hall–Kier alpha value is -1.88. The predicted octanol–water partition coefficient (Wildman–Crippen LogP) is 2.43. The van der Waals surface area contributed by atoms with Crippen LogP contribution in [0.4, 0.5) is 5.95 Å². The molecule has 0 saturated heterocycles. The minimum Gasteiger partial charge on any atom is -0.369 e. The van der Waals surface area contributed by atoms with Crippen LogP contribution >= 0.6 is 11.3 Å². The molecule has 3 rings (SSSR count). The number of hydrogen-bond donors (Lipinski definition) is 1. The highest BCUT2D eigenvalue weighted by Crippen LogP contribution is 2.21. The molecule has 2 N–H and O–H groups in total. The number of anilines is 1. The third-order valence-corrected chi connectivity index (χ3v) is 3.47. The van der Waals surface area contributed by atoms with Gasteiger partial charge in [-0.2, -0.15) is 0 Å². The molecule has 0 atom stereocenters. The Morgan fingerprint density at radius 1 is 1.41 bits per heavy atom. The Morgan fingerprint density at radius 3 is 3.06 bits per heavy atom. The SMILES string of the molecule is Cc1ccc2nc(N)n(Cc3nccs3)c2c1. The normalized spacial score (nSPS) is 11.1. The van der Waals surface area contributed by atoms with E-state index in [2.05, 4.69) is 23.0 Å². The first-order valence-electron chi connectivity index (χ1n) is 5.35. The van der Waals surface area contributed by atoms with E-state index in [4.69, 9.17) is 5.73 Å². The van der Waals surface area contributed by atoms with Crippen LogP contribution in [0.25, 0.3) is 11.0 Å². The van der Waals surface area contributed by atoms with Crippen molar-refractivity contribution in [2.75, 3.05) is 5.73 Å². The Labute approximate surface area is 103 Å². The zero-order valence-corrected chi connectivity index (χ0v) is 10.2. The molecule has 2 heterocycles. The summed E-state index contributed by atoms with van der Waals surface area (Å²) in [6.07, 6.45) is 1.81. The fourth-order valence-corrected chi connectivity index (χ4v) is 2.49. The van der Waals surface area contributed by atoms with Crippen LogP contribution in [-0.4, -0.2) is 14.5 Å². The Morgan fingerprint density at radius 2 is 2.29 bits per heavy atom. The number of aromatic nitrogens is 3. The van der Waals surface area contributed by atoms with Crippen molar-refractivity contribution in [3.8, 4) is 0 Å². The standard InChI is InChI=1S/C12H12N4S/c1-8-2-3-9-10(6-8)16(12(13)15-9)7-11-14-4-5-17-11/h2-6H,7H2,1H3,(H2,13,15). The lowest BCUT2D eigenvalue weighted by Gasteiger charge is -2.03. The van der Waals surface area contributed by atoms with Crippen molar-refractivity contribution in [2.24, 2.45) is 0 Å². The summed E-state index contributed by atoms with van der Waals surface area (Å²) in [5.41, 5.74) is 9.16. The Kier molecular flexibility index (Phi) is 2.33. The van der Waals surface area contributed by atoms with Gasteiger partial charge in [-0.3, -0.25) is 0 Å². The summed E-state index contributed by atoms with van der Waals surface area (Å²) >= 11 is 1.63. The second-order valence-electron chi connectivity index (χ2n) is 3.97. The third kappa shape index (κ3) is 1.78. The molecule has 0 unspecified atom stereocenters. The summed E-state index contributed by atoms with van der Waals surface area (Å²) in [6, 6.07) is 6.15. The number of thiazole rings is 1. The summed E-state index contributed by atoms with van der Waals surface area (Å²) in [5.74, 6) is 0.542. The summed E-state index contributed by atoms with van der Waals surface area (Å²) in [6.45, 7) is 2.75. The zero-order chi connectivity index (χ0) is 11.8. The lowest BCUT2D eigenvalue weighted by Crippen LogP contribution is -2.04. The summed E-state index contributed by atoms with van der Waals surface area (Å²) in [5, 5.41) is 3.01. The Bertz CT molecular complexity index is 655. The number of nitrogens with two attached hydrogens (primary N) is 1. The van der Waals surface area contributed by atoms with E-state index in [9.17, 15) is 0 Å². The average Bonchev–Trinajstić information content (AvgIpc) is 2.90. The van der Waals surface area contributed by atoms with E-state index in [1.54, 1.807) is 17.5 Å². The summed E-state index contributed by atoms with van der Waals surface area (Å²) in [4.78, 5) is 8.63. The second-order valence-corrected chi connectivity index (χ2v) is 4.95. The molecule has 0 saturated carbocycles. The maximum absolute atomic E-state index is 5.95. The highest BCUT2D eigenvalue weighted by Gasteiger charge is 2.09. The lowest BCUT2D eigenvalue weighted by atomic mass is 10.2. The molecule has 5 heteroatoms. The largest absolute Gasteiger partial charge is 0.369 e. The fourth-order valence-electron chi connectivity index (χ4n) is 1.88. The summed E-state index contributed by atoms with van der Waals surface area (Å²) in [7, 11) is 0. The number of rotatable bonds is 2. The molecule has 0 spiro atoms. The van der Waals surface area contributed by atoms with Crippen LogP contribution in [0.2, 0.25) is 0 Å². The third-order valence-electron chi connectivity index (χ3n) is 2.71. The van der Waals surface area contributed by atoms with Crippen LogP contribution in [0.1, 0.15) is 10.6 Å². The van der Waals surface area contributed by atoms with Crippen molar-refractivity contribution in [3.05, 3.63) is 40.3 Å². The number of nitrogen functional groups attached to an aromatic ring is 1. The average molecular weight is 244 g/mol. The maximum atomic E-state index is 5.95. The van der Waals surface area contributed by atoms with Crippen LogP contribution in [0.5, 0.6) is 0 Å². The minimum absolute atomic E-state index is 0.542. The van der Waals surface area contributed by atoms with Crippen LogP contribution in [0.3, 0.4) is 0 Å². The monoisotopic (exact) mass is 244 g/mol. The van der Waals surface area contributed by atoms with Crippen molar-refractivity contribution >= 4 is 28.3 Å². The molecule has 0 aliphatic rings. The van der Waals surface area contributed by atoms with Gasteiger partial charge in [0, 0.05) is 11.6 Å². The quantitative estimate of drug-likeness (QED) is 0.753. The van der Waals surface area contributed by atoms with Crippen LogP contribution < -0.4 is 5.73 Å². The number of fused-ring (bicyclic) bond motifs is 1. The fraction of sp³-hybridized carbons (Fsp3) is 0.167. The van der Waals surface area contributed by atoms with Gasteiger partial charge in [0.1, 0.15) is 5.01 Å². The molecule has 2 aromatic heterocycles. The van der Waals surface area contributed by atoms with Crippen molar-refractivity contribution in [3.63, 3.8) is 0 Å². The molecule has 0 fully saturated rings. The number of nitrogens with zero attached hydrogens (tertiary/aromatic N) is 3. The van der Waals surface area contributed by atoms with Gasteiger partial charge in [-0.15, -0.1) is 11.3 Å². The molecule has 0 aliphatic carbocycles. The van der Waals surface area contributed by atoms with E-state index in [0.717, 1.165) is 16.0 Å². The molecular formula is C12H12N4S. The van der Waals surface area contributed by atoms with Gasteiger partial charge in [-0.25, -0.2) is 9.97 Å². The van der Waals surface area contributed by atoms with E-state index in [-0.39, 0.29) is 0 Å². The van der Waals surface area contributed by atoms with Gasteiger partial charge in [0.25, 0.3) is 0 Å². The number of hydrogen-bond acceptors (Lipinski definition) is 4. The van der Waals surface area contributed by atoms with Gasteiger partial charge >= 0.3 is 0 Å². The number of imidazole rings is 1. The van der Waals surface area contributed by atoms with Crippen molar-refractivity contribution < 1.29 is 0 Å². The maximum Gasteiger partial charge on any atom is 0.201 e. The van der Waals surface area contributed by atoms with Crippen LogP contribution in [-0.2, 0) is 6.54 Å². The number of aryl methyl sites for hydroxylation is 1. The van der Waals surface area contributed by atoms with Crippen molar-refractivity contribution in [2.45, 2.75) is 13.5 Å². The van der Waals surface area contributed by atoms with Gasteiger partial charge in [0.05, 0.1) is 17.6 Å². The zero-order valence-electron chi connectivity index (χ0n) is 9.42. The second kappa shape index (κ2) is 3.85. The highest BCUT2D eigenvalue weighted by atomic mass is 32.1. The molecule has 0 radical (unpaired) electrons. The van der Waals surface area contributed by atoms with Crippen molar-refractivity contribution in [1.29, 1.82) is 0 Å². The molecule has 4 nitrogen and oxygen atoms in total. The van der Waals surface area contributed by atoms with E-state index in [1.165, 1.54) is 5.56 Å².